The summed E-state index contributed by atoms with van der Waals surface area (Å²) in [4.78, 5) is 0. The summed E-state index contributed by atoms with van der Waals surface area (Å²) < 4.78 is 0.942. The topological polar surface area (TPSA) is 12.0 Å². The Labute approximate surface area is 111 Å². The normalized spacial score (nSPS) is 12.4. The fourth-order valence-corrected chi connectivity index (χ4v) is 2.08. The minimum Gasteiger partial charge on any atom is -0.310 e. The van der Waals surface area contributed by atoms with Crippen molar-refractivity contribution in [3.8, 4) is 0 Å². The molecule has 3 heteroatoms. The van der Waals surface area contributed by atoms with Crippen LogP contribution in [0.1, 0.15) is 31.4 Å². The molecule has 1 nitrogen and oxygen atoms in total. The molecule has 1 atom stereocenters. The van der Waals surface area contributed by atoms with Crippen molar-refractivity contribution in [2.24, 2.45) is 0 Å². The second kappa shape index (κ2) is 7.10. The van der Waals surface area contributed by atoms with Crippen molar-refractivity contribution in [2.45, 2.75) is 25.8 Å². The second-order valence-electron chi connectivity index (χ2n) is 3.65. The molecular formula is C13H17BrClN. The van der Waals surface area contributed by atoms with Crippen LogP contribution >= 0.6 is 27.5 Å². The summed E-state index contributed by atoms with van der Waals surface area (Å²) in [6, 6.07) is 6.47. The number of nitrogens with one attached hydrogen (secondary N) is 1. The molecule has 0 aromatic heterocycles. The average Bonchev–Trinajstić information content (AvgIpc) is 2.28. The zero-order chi connectivity index (χ0) is 12.0. The van der Waals surface area contributed by atoms with Crippen LogP contribution in [0, 0.1) is 0 Å². The lowest BCUT2D eigenvalue weighted by molar-refractivity contribution is 0.520. The minimum atomic E-state index is 0.355. The molecule has 0 heterocycles. The van der Waals surface area contributed by atoms with Gasteiger partial charge in [-0.05, 0) is 53.0 Å². The predicted octanol–water partition coefficient (Wildman–Crippen LogP) is 4.72. The zero-order valence-electron chi connectivity index (χ0n) is 9.47. The van der Waals surface area contributed by atoms with E-state index in [1.54, 1.807) is 0 Å². The van der Waals surface area contributed by atoms with Crippen LogP contribution in [0.15, 0.2) is 35.3 Å². The third kappa shape index (κ3) is 3.93. The van der Waals surface area contributed by atoms with Crippen LogP contribution < -0.4 is 5.32 Å². The molecule has 1 N–H and O–H groups in total. The van der Waals surface area contributed by atoms with Crippen molar-refractivity contribution in [1.82, 2.24) is 5.32 Å². The highest BCUT2D eigenvalue weighted by Crippen LogP contribution is 2.27. The van der Waals surface area contributed by atoms with Crippen molar-refractivity contribution < 1.29 is 0 Å². The molecule has 0 saturated heterocycles. The summed E-state index contributed by atoms with van der Waals surface area (Å²) in [7, 11) is 0. The fourth-order valence-electron chi connectivity index (χ4n) is 1.65. The van der Waals surface area contributed by atoms with Gasteiger partial charge in [0.05, 0.1) is 5.02 Å². The van der Waals surface area contributed by atoms with Gasteiger partial charge in [-0.1, -0.05) is 30.7 Å². The van der Waals surface area contributed by atoms with E-state index in [0.717, 1.165) is 28.9 Å². The van der Waals surface area contributed by atoms with E-state index in [1.165, 1.54) is 5.56 Å². The standard InChI is InChI=1S/C13H17BrClN/c1-3-5-6-13(16-4-2)10-7-8-11(14)12(15)9-10/h3,7-9,13,16H,1,4-6H2,2H3. The zero-order valence-corrected chi connectivity index (χ0v) is 11.8. The molecule has 1 rings (SSSR count). The lowest BCUT2D eigenvalue weighted by Crippen LogP contribution is -2.20. The van der Waals surface area contributed by atoms with E-state index in [9.17, 15) is 0 Å². The van der Waals surface area contributed by atoms with E-state index < -0.39 is 0 Å². The highest BCUT2D eigenvalue weighted by molar-refractivity contribution is 9.10. The van der Waals surface area contributed by atoms with Crippen molar-refractivity contribution >= 4 is 27.5 Å². The van der Waals surface area contributed by atoms with Gasteiger partial charge >= 0.3 is 0 Å². The molecule has 0 aliphatic heterocycles. The van der Waals surface area contributed by atoms with Crippen LogP contribution in [-0.2, 0) is 0 Å². The summed E-state index contributed by atoms with van der Waals surface area (Å²) >= 11 is 9.50. The van der Waals surface area contributed by atoms with Crippen LogP contribution in [0.5, 0.6) is 0 Å². The van der Waals surface area contributed by atoms with E-state index in [1.807, 2.05) is 18.2 Å². The lowest BCUT2D eigenvalue weighted by atomic mass is 10.0. The smallest absolute Gasteiger partial charge is 0.0551 e. The molecule has 0 saturated carbocycles. The van der Waals surface area contributed by atoms with Gasteiger partial charge in [0.15, 0.2) is 0 Å². The molecule has 0 aliphatic carbocycles. The molecule has 16 heavy (non-hydrogen) atoms. The number of hydrogen-bond acceptors (Lipinski definition) is 1. The summed E-state index contributed by atoms with van der Waals surface area (Å²) in [5, 5.41) is 4.22. The predicted molar refractivity (Wildman–Crippen MR) is 75.0 cm³/mol. The van der Waals surface area contributed by atoms with Crippen LogP contribution in [-0.4, -0.2) is 6.54 Å². The largest absolute Gasteiger partial charge is 0.310 e. The highest BCUT2D eigenvalue weighted by atomic mass is 79.9. The summed E-state index contributed by atoms with van der Waals surface area (Å²) in [6.07, 6.45) is 4.01. The third-order valence-electron chi connectivity index (χ3n) is 2.46. The van der Waals surface area contributed by atoms with Crippen molar-refractivity contribution in [1.29, 1.82) is 0 Å². The summed E-state index contributed by atoms with van der Waals surface area (Å²) in [6.45, 7) is 6.82. The molecule has 1 aromatic rings. The van der Waals surface area contributed by atoms with E-state index in [-0.39, 0.29) is 0 Å². The van der Waals surface area contributed by atoms with E-state index in [0.29, 0.717) is 6.04 Å². The van der Waals surface area contributed by atoms with E-state index in [2.05, 4.69) is 40.8 Å². The summed E-state index contributed by atoms with van der Waals surface area (Å²) in [5.41, 5.74) is 1.23. The van der Waals surface area contributed by atoms with Crippen LogP contribution in [0.3, 0.4) is 0 Å². The van der Waals surface area contributed by atoms with Crippen LogP contribution in [0.25, 0.3) is 0 Å². The molecule has 88 valence electrons. The fraction of sp³-hybridized carbons (Fsp3) is 0.385. The second-order valence-corrected chi connectivity index (χ2v) is 4.91. The Morgan fingerprint density at radius 1 is 1.56 bits per heavy atom. The molecule has 0 amide bonds. The van der Waals surface area contributed by atoms with Crippen LogP contribution in [0.2, 0.25) is 5.02 Å². The van der Waals surface area contributed by atoms with Gasteiger partial charge in [-0.15, -0.1) is 6.58 Å². The lowest BCUT2D eigenvalue weighted by Gasteiger charge is -2.18. The van der Waals surface area contributed by atoms with Crippen molar-refractivity contribution in [3.63, 3.8) is 0 Å². The summed E-state index contributed by atoms with van der Waals surface area (Å²) in [5.74, 6) is 0. The van der Waals surface area contributed by atoms with Gasteiger partial charge < -0.3 is 5.32 Å². The Hall–Kier alpha value is -0.310. The number of halogens is 2. The van der Waals surface area contributed by atoms with Gasteiger partial charge in [0.1, 0.15) is 0 Å². The molecule has 0 radical (unpaired) electrons. The quantitative estimate of drug-likeness (QED) is 0.750. The maximum atomic E-state index is 6.10. The number of rotatable bonds is 6. The molecular weight excluding hydrogens is 286 g/mol. The molecule has 1 unspecified atom stereocenters. The Kier molecular flexibility index (Phi) is 6.10. The first-order chi connectivity index (χ1) is 7.69. The van der Waals surface area contributed by atoms with Crippen LogP contribution in [0.4, 0.5) is 0 Å². The maximum Gasteiger partial charge on any atom is 0.0551 e. The van der Waals surface area contributed by atoms with Gasteiger partial charge in [0, 0.05) is 10.5 Å². The third-order valence-corrected chi connectivity index (χ3v) is 3.69. The van der Waals surface area contributed by atoms with Gasteiger partial charge in [-0.25, -0.2) is 0 Å². The number of benzene rings is 1. The Bertz CT molecular complexity index is 352. The maximum absolute atomic E-state index is 6.10. The van der Waals surface area contributed by atoms with Gasteiger partial charge in [-0.2, -0.15) is 0 Å². The molecule has 0 aliphatic rings. The Balaban J connectivity index is 2.82. The highest BCUT2D eigenvalue weighted by Gasteiger charge is 2.10. The monoisotopic (exact) mass is 301 g/mol. The van der Waals surface area contributed by atoms with E-state index in [4.69, 9.17) is 11.6 Å². The first kappa shape index (κ1) is 13.8. The van der Waals surface area contributed by atoms with Gasteiger partial charge in [0.2, 0.25) is 0 Å². The van der Waals surface area contributed by atoms with Crippen molar-refractivity contribution in [3.05, 3.63) is 45.9 Å². The first-order valence-corrected chi connectivity index (χ1v) is 6.65. The van der Waals surface area contributed by atoms with Gasteiger partial charge in [0.25, 0.3) is 0 Å². The molecule has 0 fully saturated rings. The molecule has 0 spiro atoms. The Morgan fingerprint density at radius 2 is 2.31 bits per heavy atom. The van der Waals surface area contributed by atoms with E-state index >= 15 is 0 Å². The average molecular weight is 303 g/mol. The number of hydrogen-bond donors (Lipinski definition) is 1. The SMILES string of the molecule is C=CCCC(NCC)c1ccc(Br)c(Cl)c1. The number of allylic oxidation sites excluding steroid dienone is 1. The van der Waals surface area contributed by atoms with Crippen molar-refractivity contribution in [2.75, 3.05) is 6.54 Å². The first-order valence-electron chi connectivity index (χ1n) is 5.48. The van der Waals surface area contributed by atoms with Gasteiger partial charge in [-0.3, -0.25) is 0 Å². The molecule has 1 aromatic carbocycles. The molecule has 0 bridgehead atoms. The Morgan fingerprint density at radius 3 is 2.88 bits per heavy atom. The minimum absolute atomic E-state index is 0.355.